The van der Waals surface area contributed by atoms with E-state index in [2.05, 4.69) is 0 Å². The maximum atomic E-state index is 13.2. The van der Waals surface area contributed by atoms with Gasteiger partial charge in [-0.05, 0) is 36.4 Å². The monoisotopic (exact) mass is 373 g/mol. The van der Waals surface area contributed by atoms with Crippen molar-refractivity contribution in [1.82, 2.24) is 4.90 Å². The number of aliphatic hydroxyl groups excluding tert-OH is 1. The molecule has 6 nitrogen and oxygen atoms in total. The number of hydrogen-bond donors (Lipinski definition) is 2. The zero-order valence-corrected chi connectivity index (χ0v) is 15.2. The lowest BCUT2D eigenvalue weighted by Crippen LogP contribution is -3.05. The Labute approximate surface area is 156 Å². The minimum Gasteiger partial charge on any atom is -0.507 e. The minimum atomic E-state index is -0.804. The third-order valence-electron chi connectivity index (χ3n) is 4.55. The van der Waals surface area contributed by atoms with Crippen LogP contribution >= 0.6 is 0 Å². The van der Waals surface area contributed by atoms with Crippen LogP contribution in [0.2, 0.25) is 0 Å². The van der Waals surface area contributed by atoms with Gasteiger partial charge in [0.25, 0.3) is 11.7 Å². The van der Waals surface area contributed by atoms with Crippen LogP contribution < -0.4 is 4.90 Å². The maximum absolute atomic E-state index is 13.2. The Morgan fingerprint density at radius 2 is 1.93 bits per heavy atom. The summed E-state index contributed by atoms with van der Waals surface area (Å²) in [5, 5.41) is 10.7. The molecule has 1 saturated heterocycles. The van der Waals surface area contributed by atoms with Crippen molar-refractivity contribution in [3.05, 3.63) is 65.4 Å². The van der Waals surface area contributed by atoms with E-state index in [0.29, 0.717) is 18.7 Å². The van der Waals surface area contributed by atoms with Crippen LogP contribution in [-0.4, -0.2) is 48.9 Å². The van der Waals surface area contributed by atoms with E-state index in [4.69, 9.17) is 4.42 Å². The third kappa shape index (κ3) is 3.78. The number of halogens is 1. The highest BCUT2D eigenvalue weighted by molar-refractivity contribution is 6.46. The number of amides is 1. The molecule has 0 spiro atoms. The second-order valence-corrected chi connectivity index (χ2v) is 6.83. The van der Waals surface area contributed by atoms with Gasteiger partial charge in [-0.25, -0.2) is 4.39 Å². The van der Waals surface area contributed by atoms with Crippen molar-refractivity contribution in [2.75, 3.05) is 27.2 Å². The number of Topliss-reactive ketones (excluding diaryl/α,β-unsaturated/α-hetero) is 1. The van der Waals surface area contributed by atoms with Gasteiger partial charge >= 0.3 is 0 Å². The molecule has 0 unspecified atom stereocenters. The van der Waals surface area contributed by atoms with E-state index in [0.717, 1.165) is 6.54 Å². The highest BCUT2D eigenvalue weighted by Crippen LogP contribution is 2.39. The first kappa shape index (κ1) is 18.8. The van der Waals surface area contributed by atoms with Crippen LogP contribution in [-0.2, 0) is 9.59 Å². The molecule has 0 aliphatic carbocycles. The standard InChI is InChI=1S/C20H21FN2O4/c1-22(2)10-4-11-23-17(15-5-3-12-27-15)16(19(25)20(23)26)18(24)13-6-8-14(21)9-7-13/h3,5-9,12,17,24H,4,10-11H2,1-2H3/p+1/b18-16+/t17-/m1/s1. The van der Waals surface area contributed by atoms with Crippen molar-refractivity contribution >= 4 is 17.4 Å². The molecule has 1 atom stereocenters. The van der Waals surface area contributed by atoms with Crippen LogP contribution in [0.3, 0.4) is 0 Å². The highest BCUT2D eigenvalue weighted by Gasteiger charge is 2.47. The van der Waals surface area contributed by atoms with E-state index in [1.54, 1.807) is 12.1 Å². The number of hydrogen-bond acceptors (Lipinski definition) is 4. The number of nitrogens with one attached hydrogen (secondary N) is 1. The number of rotatable bonds is 6. The Bertz CT molecular complexity index is 857. The fourth-order valence-corrected chi connectivity index (χ4v) is 3.22. The van der Waals surface area contributed by atoms with Gasteiger partial charge in [-0.1, -0.05) is 0 Å². The van der Waals surface area contributed by atoms with Gasteiger partial charge in [0.05, 0.1) is 32.5 Å². The molecular weight excluding hydrogens is 351 g/mol. The molecule has 1 amide bonds. The normalized spacial score (nSPS) is 19.3. The van der Waals surface area contributed by atoms with Gasteiger partial charge in [0.2, 0.25) is 0 Å². The van der Waals surface area contributed by atoms with E-state index < -0.39 is 23.5 Å². The molecule has 1 aliphatic rings. The zero-order chi connectivity index (χ0) is 19.6. The van der Waals surface area contributed by atoms with Crippen molar-refractivity contribution in [2.24, 2.45) is 0 Å². The molecule has 0 bridgehead atoms. The predicted octanol–water partition coefficient (Wildman–Crippen LogP) is 1.38. The molecule has 1 fully saturated rings. The first-order valence-corrected chi connectivity index (χ1v) is 8.77. The molecule has 2 N–H and O–H groups in total. The van der Waals surface area contributed by atoms with Crippen molar-refractivity contribution < 1.29 is 28.4 Å². The molecule has 3 rings (SSSR count). The highest BCUT2D eigenvalue weighted by atomic mass is 19.1. The van der Waals surface area contributed by atoms with Gasteiger partial charge in [0.15, 0.2) is 0 Å². The average molecular weight is 373 g/mol. The number of likely N-dealkylation sites (tertiary alicyclic amines) is 1. The first-order valence-electron chi connectivity index (χ1n) is 8.77. The van der Waals surface area contributed by atoms with Crippen molar-refractivity contribution in [3.8, 4) is 0 Å². The second kappa shape index (κ2) is 7.75. The molecule has 1 aromatic carbocycles. The minimum absolute atomic E-state index is 0.0428. The van der Waals surface area contributed by atoms with Crippen LogP contribution in [0.15, 0.2) is 52.7 Å². The molecular formula is C20H22FN2O4+. The molecule has 0 radical (unpaired) electrons. The van der Waals surface area contributed by atoms with E-state index in [9.17, 15) is 19.1 Å². The fraction of sp³-hybridized carbons (Fsp3) is 0.300. The first-order chi connectivity index (χ1) is 12.9. The third-order valence-corrected chi connectivity index (χ3v) is 4.55. The van der Waals surface area contributed by atoms with Crippen LogP contribution in [0.4, 0.5) is 4.39 Å². The number of benzene rings is 1. The van der Waals surface area contributed by atoms with Crippen LogP contribution in [0.5, 0.6) is 0 Å². The van der Waals surface area contributed by atoms with Crippen molar-refractivity contribution in [1.29, 1.82) is 0 Å². The lowest BCUT2D eigenvalue weighted by Gasteiger charge is -2.23. The number of quaternary nitrogens is 1. The van der Waals surface area contributed by atoms with Crippen molar-refractivity contribution in [2.45, 2.75) is 12.5 Å². The Morgan fingerprint density at radius 1 is 1.22 bits per heavy atom. The number of ketones is 1. The summed E-state index contributed by atoms with van der Waals surface area (Å²) in [6, 6.07) is 7.64. The van der Waals surface area contributed by atoms with E-state index >= 15 is 0 Å². The second-order valence-electron chi connectivity index (χ2n) is 6.83. The van der Waals surface area contributed by atoms with Gasteiger partial charge in [-0.2, -0.15) is 0 Å². The summed E-state index contributed by atoms with van der Waals surface area (Å²) in [6.07, 6.45) is 2.15. The number of carbonyl (C=O) groups is 2. The maximum Gasteiger partial charge on any atom is 0.295 e. The van der Waals surface area contributed by atoms with Gasteiger partial charge in [0, 0.05) is 18.5 Å². The lowest BCUT2D eigenvalue weighted by atomic mass is 9.99. The topological polar surface area (TPSA) is 75.2 Å². The summed E-state index contributed by atoms with van der Waals surface area (Å²) < 4.78 is 18.6. The molecule has 2 aromatic rings. The van der Waals surface area contributed by atoms with Gasteiger partial charge in [-0.3, -0.25) is 9.59 Å². The van der Waals surface area contributed by atoms with E-state index in [-0.39, 0.29) is 16.9 Å². The molecule has 1 aliphatic heterocycles. The summed E-state index contributed by atoms with van der Waals surface area (Å²) in [7, 11) is 4.01. The van der Waals surface area contributed by atoms with Gasteiger partial charge in [0.1, 0.15) is 23.4 Å². The molecule has 27 heavy (non-hydrogen) atoms. The summed E-state index contributed by atoms with van der Waals surface area (Å²) in [5.41, 5.74) is 0.224. The summed E-state index contributed by atoms with van der Waals surface area (Å²) in [6.45, 7) is 1.19. The number of carbonyl (C=O) groups excluding carboxylic acids is 2. The number of nitrogens with zero attached hydrogens (tertiary/aromatic N) is 1. The molecule has 7 heteroatoms. The number of aliphatic hydroxyl groups is 1. The number of furan rings is 1. The summed E-state index contributed by atoms with van der Waals surface area (Å²) >= 11 is 0. The molecule has 2 heterocycles. The Morgan fingerprint density at radius 3 is 2.52 bits per heavy atom. The lowest BCUT2D eigenvalue weighted by molar-refractivity contribution is -0.858. The average Bonchev–Trinajstić information content (AvgIpc) is 3.24. The summed E-state index contributed by atoms with van der Waals surface area (Å²) in [5.74, 6) is -1.84. The largest absolute Gasteiger partial charge is 0.507 e. The van der Waals surface area contributed by atoms with Gasteiger partial charge in [-0.15, -0.1) is 0 Å². The van der Waals surface area contributed by atoms with Crippen LogP contribution in [0.1, 0.15) is 23.8 Å². The van der Waals surface area contributed by atoms with E-state index in [1.165, 1.54) is 40.3 Å². The molecule has 1 aromatic heterocycles. The Kier molecular flexibility index (Phi) is 5.41. The van der Waals surface area contributed by atoms with Crippen LogP contribution in [0.25, 0.3) is 5.76 Å². The quantitative estimate of drug-likeness (QED) is 0.456. The summed E-state index contributed by atoms with van der Waals surface area (Å²) in [4.78, 5) is 27.9. The van der Waals surface area contributed by atoms with Gasteiger partial charge < -0.3 is 19.3 Å². The fourth-order valence-electron chi connectivity index (χ4n) is 3.22. The predicted molar refractivity (Wildman–Crippen MR) is 96.4 cm³/mol. The van der Waals surface area contributed by atoms with Crippen molar-refractivity contribution in [3.63, 3.8) is 0 Å². The molecule has 142 valence electrons. The van der Waals surface area contributed by atoms with Crippen LogP contribution in [0, 0.1) is 5.82 Å². The Hall–Kier alpha value is -2.93. The SMILES string of the molecule is C[NH+](C)CCCN1C(=O)C(=O)/C(=C(/O)c2ccc(F)cc2)[C@H]1c1ccco1. The zero-order valence-electron chi connectivity index (χ0n) is 15.2. The smallest absolute Gasteiger partial charge is 0.295 e. The Balaban J connectivity index is 2.03. The molecule has 0 saturated carbocycles. The van der Waals surface area contributed by atoms with E-state index in [1.807, 2.05) is 14.1 Å².